The van der Waals surface area contributed by atoms with Crippen molar-refractivity contribution in [1.29, 1.82) is 0 Å². The van der Waals surface area contributed by atoms with E-state index in [9.17, 15) is 9.59 Å². The largest absolute Gasteiger partial charge is 0.462 e. The zero-order chi connectivity index (χ0) is 14.8. The van der Waals surface area contributed by atoms with E-state index in [-0.39, 0.29) is 6.73 Å². The molecule has 0 aliphatic rings. The molecule has 0 saturated heterocycles. The Balaban J connectivity index is 2.67. The lowest BCUT2D eigenvalue weighted by atomic mass is 10.2. The number of para-hydroxylation sites is 1. The van der Waals surface area contributed by atoms with Crippen LogP contribution in [0.3, 0.4) is 0 Å². The Morgan fingerprint density at radius 1 is 1.25 bits per heavy atom. The second-order valence-corrected chi connectivity index (χ2v) is 4.10. The maximum absolute atomic E-state index is 11.9. The summed E-state index contributed by atoms with van der Waals surface area (Å²) in [5, 5.41) is 5.06. The number of rotatable bonds is 7. The fourth-order valence-electron chi connectivity index (χ4n) is 1.46. The lowest BCUT2D eigenvalue weighted by Gasteiger charge is -2.11. The molecule has 20 heavy (non-hydrogen) atoms. The minimum absolute atomic E-state index is 0.0922. The van der Waals surface area contributed by atoms with Crippen LogP contribution in [0, 0.1) is 0 Å². The molecule has 2 N–H and O–H groups in total. The molecule has 2 amide bonds. The number of unbranched alkanes of at least 4 members (excludes halogenated alkanes) is 1. The van der Waals surface area contributed by atoms with E-state index in [1.165, 1.54) is 7.11 Å². The summed E-state index contributed by atoms with van der Waals surface area (Å²) in [7, 11) is 1.47. The van der Waals surface area contributed by atoms with Crippen LogP contribution in [0.4, 0.5) is 10.5 Å². The summed E-state index contributed by atoms with van der Waals surface area (Å²) in [6.45, 7) is 2.48. The molecule has 1 aromatic rings. The van der Waals surface area contributed by atoms with Crippen molar-refractivity contribution in [2.75, 3.05) is 25.8 Å². The fourth-order valence-corrected chi connectivity index (χ4v) is 1.46. The van der Waals surface area contributed by atoms with E-state index in [0.29, 0.717) is 17.9 Å². The Labute approximate surface area is 118 Å². The molecular formula is C14H20N2O4. The van der Waals surface area contributed by atoms with Gasteiger partial charge in [-0.15, -0.1) is 0 Å². The number of amides is 2. The highest BCUT2D eigenvalue weighted by molar-refractivity contribution is 6.00. The van der Waals surface area contributed by atoms with Gasteiger partial charge in [-0.05, 0) is 18.6 Å². The highest BCUT2D eigenvalue weighted by Gasteiger charge is 2.13. The van der Waals surface area contributed by atoms with Gasteiger partial charge in [0, 0.05) is 7.11 Å². The zero-order valence-electron chi connectivity index (χ0n) is 11.8. The van der Waals surface area contributed by atoms with E-state index in [4.69, 9.17) is 9.47 Å². The highest BCUT2D eigenvalue weighted by atomic mass is 16.5. The third-order valence-electron chi connectivity index (χ3n) is 2.50. The van der Waals surface area contributed by atoms with Crippen LogP contribution in [0.25, 0.3) is 0 Å². The first-order valence-electron chi connectivity index (χ1n) is 6.49. The molecular weight excluding hydrogens is 260 g/mol. The van der Waals surface area contributed by atoms with Gasteiger partial charge < -0.3 is 20.1 Å². The monoisotopic (exact) mass is 280 g/mol. The molecule has 6 heteroatoms. The Bertz CT molecular complexity index is 449. The molecule has 0 aliphatic carbocycles. The van der Waals surface area contributed by atoms with Crippen molar-refractivity contribution < 1.29 is 19.1 Å². The van der Waals surface area contributed by atoms with Crippen molar-refractivity contribution in [2.24, 2.45) is 0 Å². The van der Waals surface area contributed by atoms with Gasteiger partial charge in [0.05, 0.1) is 17.9 Å². The first-order valence-corrected chi connectivity index (χ1v) is 6.49. The Morgan fingerprint density at radius 2 is 2.00 bits per heavy atom. The van der Waals surface area contributed by atoms with E-state index < -0.39 is 12.0 Å². The van der Waals surface area contributed by atoms with Crippen LogP contribution in [-0.2, 0) is 9.47 Å². The molecule has 110 valence electrons. The van der Waals surface area contributed by atoms with Crippen molar-refractivity contribution in [3.63, 3.8) is 0 Å². The quantitative estimate of drug-likeness (QED) is 0.456. The van der Waals surface area contributed by atoms with Crippen LogP contribution in [-0.4, -0.2) is 32.4 Å². The Morgan fingerprint density at radius 3 is 2.70 bits per heavy atom. The van der Waals surface area contributed by atoms with Crippen LogP contribution < -0.4 is 10.6 Å². The summed E-state index contributed by atoms with van der Waals surface area (Å²) in [6.07, 6.45) is 1.77. The third-order valence-corrected chi connectivity index (χ3v) is 2.50. The van der Waals surface area contributed by atoms with Crippen molar-refractivity contribution in [1.82, 2.24) is 5.32 Å². The molecule has 6 nitrogen and oxygen atoms in total. The number of ether oxygens (including phenoxy) is 2. The van der Waals surface area contributed by atoms with E-state index in [2.05, 4.69) is 10.6 Å². The molecule has 0 aliphatic heterocycles. The number of carbonyl (C=O) groups excluding carboxylic acids is 2. The van der Waals surface area contributed by atoms with Gasteiger partial charge in [0.25, 0.3) is 0 Å². The van der Waals surface area contributed by atoms with Crippen molar-refractivity contribution in [3.8, 4) is 0 Å². The number of anilines is 1. The van der Waals surface area contributed by atoms with Gasteiger partial charge in [0.15, 0.2) is 0 Å². The predicted molar refractivity (Wildman–Crippen MR) is 75.7 cm³/mol. The summed E-state index contributed by atoms with van der Waals surface area (Å²) >= 11 is 0. The number of hydrogen-bond donors (Lipinski definition) is 2. The van der Waals surface area contributed by atoms with Gasteiger partial charge in [-0.25, -0.2) is 9.59 Å². The highest BCUT2D eigenvalue weighted by Crippen LogP contribution is 2.16. The molecule has 1 aromatic carbocycles. The van der Waals surface area contributed by atoms with Gasteiger partial charge >= 0.3 is 12.0 Å². The number of methoxy groups -OCH3 is 1. The number of nitrogens with one attached hydrogen (secondary N) is 2. The van der Waals surface area contributed by atoms with Crippen LogP contribution in [0.15, 0.2) is 24.3 Å². The first kappa shape index (κ1) is 16.0. The first-order chi connectivity index (χ1) is 9.69. The summed E-state index contributed by atoms with van der Waals surface area (Å²) in [5.74, 6) is -0.443. The lowest BCUT2D eigenvalue weighted by molar-refractivity contribution is 0.0501. The second-order valence-electron chi connectivity index (χ2n) is 4.10. The van der Waals surface area contributed by atoms with E-state index in [0.717, 1.165) is 12.8 Å². The summed E-state index contributed by atoms with van der Waals surface area (Å²) in [6, 6.07) is 6.26. The van der Waals surface area contributed by atoms with E-state index >= 15 is 0 Å². The summed E-state index contributed by atoms with van der Waals surface area (Å²) < 4.78 is 9.87. The maximum atomic E-state index is 11.9. The Kier molecular flexibility index (Phi) is 7.13. The van der Waals surface area contributed by atoms with Gasteiger partial charge in [0.2, 0.25) is 0 Å². The molecule has 0 fully saturated rings. The van der Waals surface area contributed by atoms with Crippen LogP contribution in [0.5, 0.6) is 0 Å². The molecule has 0 aromatic heterocycles. The van der Waals surface area contributed by atoms with Gasteiger partial charge in [-0.2, -0.15) is 0 Å². The minimum atomic E-state index is -0.444. The van der Waals surface area contributed by atoms with E-state index in [1.807, 2.05) is 6.92 Å². The van der Waals surface area contributed by atoms with Gasteiger partial charge in [-0.3, -0.25) is 0 Å². The van der Waals surface area contributed by atoms with E-state index in [1.54, 1.807) is 24.3 Å². The summed E-state index contributed by atoms with van der Waals surface area (Å²) in [4.78, 5) is 23.5. The number of hydrogen-bond acceptors (Lipinski definition) is 4. The predicted octanol–water partition coefficient (Wildman–Crippen LogP) is 2.37. The minimum Gasteiger partial charge on any atom is -0.462 e. The standard InChI is InChI=1S/C14H20N2O4/c1-3-4-9-20-13(17)11-7-5-6-8-12(11)16-14(18)15-10-19-2/h5-8H,3-4,9-10H2,1-2H3,(H2,15,16,18). The molecule has 0 saturated carbocycles. The van der Waals surface area contributed by atoms with Crippen LogP contribution in [0.1, 0.15) is 30.1 Å². The lowest BCUT2D eigenvalue weighted by Crippen LogP contribution is -2.30. The van der Waals surface area contributed by atoms with Crippen molar-refractivity contribution in [2.45, 2.75) is 19.8 Å². The van der Waals surface area contributed by atoms with Crippen molar-refractivity contribution >= 4 is 17.7 Å². The SMILES string of the molecule is CCCCOC(=O)c1ccccc1NC(=O)NCOC. The summed E-state index contributed by atoms with van der Waals surface area (Å²) in [5.41, 5.74) is 0.735. The van der Waals surface area contributed by atoms with Gasteiger partial charge in [-0.1, -0.05) is 25.5 Å². The number of benzene rings is 1. The average Bonchev–Trinajstić information content (AvgIpc) is 2.46. The van der Waals surface area contributed by atoms with Crippen LogP contribution >= 0.6 is 0 Å². The number of esters is 1. The van der Waals surface area contributed by atoms with Gasteiger partial charge in [0.1, 0.15) is 6.73 Å². The second kappa shape index (κ2) is 8.92. The fraction of sp³-hybridized carbons (Fsp3) is 0.429. The zero-order valence-corrected chi connectivity index (χ0v) is 11.8. The maximum Gasteiger partial charge on any atom is 0.340 e. The molecule has 0 atom stereocenters. The topological polar surface area (TPSA) is 76.7 Å². The molecule has 1 rings (SSSR count). The molecule has 0 bridgehead atoms. The molecule has 0 heterocycles. The Hall–Kier alpha value is -2.08. The molecule has 0 radical (unpaired) electrons. The average molecular weight is 280 g/mol. The number of urea groups is 1. The molecule has 0 unspecified atom stereocenters. The normalized spacial score (nSPS) is 9.90. The third kappa shape index (κ3) is 5.27. The van der Waals surface area contributed by atoms with Crippen LogP contribution in [0.2, 0.25) is 0 Å². The van der Waals surface area contributed by atoms with Crippen molar-refractivity contribution in [3.05, 3.63) is 29.8 Å². The number of carbonyl (C=O) groups is 2. The molecule has 0 spiro atoms. The smallest absolute Gasteiger partial charge is 0.340 e.